The van der Waals surface area contributed by atoms with Gasteiger partial charge in [0.15, 0.2) is 0 Å². The lowest BCUT2D eigenvalue weighted by Gasteiger charge is -2.41. The number of ether oxygens (including phenoxy) is 1. The first-order chi connectivity index (χ1) is 12.2. The normalized spacial score (nSPS) is 29.6. The van der Waals surface area contributed by atoms with Crippen molar-refractivity contribution in [1.82, 2.24) is 0 Å². The van der Waals surface area contributed by atoms with Crippen LogP contribution in [0.5, 0.6) is 5.75 Å². The van der Waals surface area contributed by atoms with Gasteiger partial charge in [-0.05, 0) is 56.1 Å². The van der Waals surface area contributed by atoms with Gasteiger partial charge in [-0.15, -0.1) is 0 Å². The van der Waals surface area contributed by atoms with Crippen molar-refractivity contribution in [1.29, 1.82) is 0 Å². The topological polar surface area (TPSA) is 64.4 Å². The minimum Gasteiger partial charge on any atom is -0.494 e. The largest absolute Gasteiger partial charge is 0.494 e. The minimum absolute atomic E-state index is 0.135. The van der Waals surface area contributed by atoms with E-state index in [0.717, 1.165) is 31.2 Å². The molecule has 1 N–H and O–H groups in total. The molecule has 0 saturated carbocycles. The summed E-state index contributed by atoms with van der Waals surface area (Å²) in [4.78, 5) is 11.4. The van der Waals surface area contributed by atoms with Crippen molar-refractivity contribution in [3.05, 3.63) is 52.1 Å². The zero-order valence-electron chi connectivity index (χ0n) is 14.5. The molecule has 1 aliphatic heterocycles. The molecule has 0 radical (unpaired) electrons. The van der Waals surface area contributed by atoms with Crippen LogP contribution in [0.25, 0.3) is 0 Å². The average molecular weight is 340 g/mol. The number of fused-ring (bicyclic) bond motifs is 3. The first-order valence-electron chi connectivity index (χ1n) is 9.22. The van der Waals surface area contributed by atoms with Crippen molar-refractivity contribution < 1.29 is 9.66 Å². The fourth-order valence-corrected chi connectivity index (χ4v) is 4.70. The zero-order valence-corrected chi connectivity index (χ0v) is 14.5. The molecular formula is C20H24N2O3. The van der Waals surface area contributed by atoms with Gasteiger partial charge in [0.2, 0.25) is 0 Å². The van der Waals surface area contributed by atoms with Gasteiger partial charge in [0.05, 0.1) is 17.6 Å². The summed E-state index contributed by atoms with van der Waals surface area (Å²) in [6.07, 6.45) is 13.3. The molecule has 4 atom stereocenters. The third kappa shape index (κ3) is 2.81. The second kappa shape index (κ2) is 6.54. The van der Waals surface area contributed by atoms with Crippen LogP contribution < -0.4 is 10.1 Å². The Balaban J connectivity index is 1.78. The Bertz CT molecular complexity index is 741. The Morgan fingerprint density at radius 1 is 1.28 bits per heavy atom. The summed E-state index contributed by atoms with van der Waals surface area (Å²) < 4.78 is 5.59. The average Bonchev–Trinajstić information content (AvgIpc) is 3.11. The monoisotopic (exact) mass is 340 g/mol. The van der Waals surface area contributed by atoms with Gasteiger partial charge in [-0.25, -0.2) is 0 Å². The molecule has 25 heavy (non-hydrogen) atoms. The molecule has 5 nitrogen and oxygen atoms in total. The lowest BCUT2D eigenvalue weighted by atomic mass is 9.72. The molecule has 5 heteroatoms. The molecule has 2 aliphatic carbocycles. The third-order valence-electron chi connectivity index (χ3n) is 5.79. The summed E-state index contributed by atoms with van der Waals surface area (Å²) in [6, 6.07) is 3.84. The van der Waals surface area contributed by atoms with Crippen LogP contribution in [0, 0.1) is 22.0 Å². The quantitative estimate of drug-likeness (QED) is 0.485. The molecule has 0 unspecified atom stereocenters. The van der Waals surface area contributed by atoms with Gasteiger partial charge in [-0.1, -0.05) is 24.3 Å². The summed E-state index contributed by atoms with van der Waals surface area (Å²) in [5.41, 5.74) is 1.84. The van der Waals surface area contributed by atoms with E-state index >= 15 is 0 Å². The SMILES string of the molecule is CCOc1cc2c(c([N+](=O)[O-])c1)N[C@H]([C@H]1CC=CCC1)[C@@H]1CC=C[C@@H]21. The smallest absolute Gasteiger partial charge is 0.296 e. The van der Waals surface area contributed by atoms with Crippen molar-refractivity contribution in [2.24, 2.45) is 11.8 Å². The maximum atomic E-state index is 11.7. The molecule has 4 rings (SSSR count). The number of nitro benzene ring substituents is 1. The van der Waals surface area contributed by atoms with Crippen molar-refractivity contribution >= 4 is 11.4 Å². The number of benzene rings is 1. The van der Waals surface area contributed by atoms with Crippen LogP contribution in [-0.4, -0.2) is 17.6 Å². The number of nitrogens with zero attached hydrogens (tertiary/aromatic N) is 1. The van der Waals surface area contributed by atoms with E-state index in [1.165, 1.54) is 0 Å². The van der Waals surface area contributed by atoms with E-state index in [4.69, 9.17) is 4.74 Å². The zero-order chi connectivity index (χ0) is 17.4. The number of rotatable bonds is 4. The highest BCUT2D eigenvalue weighted by molar-refractivity contribution is 5.72. The van der Waals surface area contributed by atoms with Crippen LogP contribution in [0.15, 0.2) is 36.4 Å². The van der Waals surface area contributed by atoms with Crippen molar-refractivity contribution in [3.63, 3.8) is 0 Å². The second-order valence-corrected chi connectivity index (χ2v) is 7.16. The molecule has 0 aromatic heterocycles. The molecule has 1 aromatic carbocycles. The summed E-state index contributed by atoms with van der Waals surface area (Å²) in [5.74, 6) is 1.84. The number of nitrogens with one attached hydrogen (secondary N) is 1. The highest BCUT2D eigenvalue weighted by Gasteiger charge is 2.43. The van der Waals surface area contributed by atoms with Crippen molar-refractivity contribution in [3.8, 4) is 5.75 Å². The van der Waals surface area contributed by atoms with Crippen LogP contribution in [0.4, 0.5) is 11.4 Å². The lowest BCUT2D eigenvalue weighted by molar-refractivity contribution is -0.384. The maximum Gasteiger partial charge on any atom is 0.296 e. The van der Waals surface area contributed by atoms with E-state index in [9.17, 15) is 10.1 Å². The predicted molar refractivity (Wildman–Crippen MR) is 98.1 cm³/mol. The summed E-state index contributed by atoms with van der Waals surface area (Å²) >= 11 is 0. The summed E-state index contributed by atoms with van der Waals surface area (Å²) in [5, 5.41) is 15.3. The highest BCUT2D eigenvalue weighted by Crippen LogP contribution is 2.51. The van der Waals surface area contributed by atoms with Gasteiger partial charge in [0.1, 0.15) is 11.4 Å². The standard InChI is InChI=1S/C20H24N2O3/c1-2-25-14-11-17-15-9-6-10-16(15)19(13-7-4-3-5-8-13)21-20(17)18(12-14)22(23)24/h3-4,6,9,11-13,15-16,19,21H,2,5,7-8,10H2,1H3/t13-,15+,16+,19+/m0/s1. The summed E-state index contributed by atoms with van der Waals surface area (Å²) in [6.45, 7) is 2.40. The van der Waals surface area contributed by atoms with Gasteiger partial charge in [0.25, 0.3) is 5.69 Å². The first-order valence-corrected chi connectivity index (χ1v) is 9.22. The van der Waals surface area contributed by atoms with Gasteiger partial charge in [0, 0.05) is 12.0 Å². The number of allylic oxidation sites excluding steroid dienone is 4. The Morgan fingerprint density at radius 3 is 2.88 bits per heavy atom. The fraction of sp³-hybridized carbons (Fsp3) is 0.500. The minimum atomic E-state index is -0.287. The molecule has 0 spiro atoms. The first kappa shape index (κ1) is 16.2. The van der Waals surface area contributed by atoms with Crippen LogP contribution in [0.1, 0.15) is 44.1 Å². The van der Waals surface area contributed by atoms with Crippen LogP contribution in [-0.2, 0) is 0 Å². The van der Waals surface area contributed by atoms with Gasteiger partial charge in [-0.3, -0.25) is 10.1 Å². The second-order valence-electron chi connectivity index (χ2n) is 7.16. The van der Waals surface area contributed by atoms with Gasteiger partial charge < -0.3 is 10.1 Å². The Kier molecular flexibility index (Phi) is 4.24. The highest BCUT2D eigenvalue weighted by atomic mass is 16.6. The molecule has 132 valence electrons. The van der Waals surface area contributed by atoms with Crippen LogP contribution >= 0.6 is 0 Å². The van der Waals surface area contributed by atoms with E-state index in [-0.39, 0.29) is 22.6 Å². The lowest BCUT2D eigenvalue weighted by Crippen LogP contribution is -2.42. The molecule has 1 aromatic rings. The molecule has 0 amide bonds. The van der Waals surface area contributed by atoms with Gasteiger partial charge in [-0.2, -0.15) is 0 Å². The molecule has 0 bridgehead atoms. The third-order valence-corrected chi connectivity index (χ3v) is 5.79. The maximum absolute atomic E-state index is 11.7. The Hall–Kier alpha value is -2.30. The van der Waals surface area contributed by atoms with E-state index in [1.54, 1.807) is 6.07 Å². The van der Waals surface area contributed by atoms with Crippen molar-refractivity contribution in [2.45, 2.75) is 44.6 Å². The molecule has 1 heterocycles. The number of anilines is 1. The van der Waals surface area contributed by atoms with E-state index < -0.39 is 0 Å². The number of hydrogen-bond acceptors (Lipinski definition) is 4. The Morgan fingerprint density at radius 2 is 2.16 bits per heavy atom. The van der Waals surface area contributed by atoms with Crippen LogP contribution in [0.3, 0.4) is 0 Å². The number of hydrogen-bond donors (Lipinski definition) is 1. The van der Waals surface area contributed by atoms with E-state index in [2.05, 4.69) is 29.6 Å². The molecule has 0 saturated heterocycles. The molecule has 3 aliphatic rings. The predicted octanol–water partition coefficient (Wildman–Crippen LogP) is 4.80. The summed E-state index contributed by atoms with van der Waals surface area (Å²) in [7, 11) is 0. The molecular weight excluding hydrogens is 316 g/mol. The van der Waals surface area contributed by atoms with Crippen LogP contribution in [0.2, 0.25) is 0 Å². The van der Waals surface area contributed by atoms with E-state index in [0.29, 0.717) is 29.9 Å². The molecule has 0 fully saturated rings. The Labute approximate surface area is 147 Å². The number of nitro groups is 1. The fourth-order valence-electron chi connectivity index (χ4n) is 4.70. The van der Waals surface area contributed by atoms with E-state index in [1.807, 2.05) is 13.0 Å². The van der Waals surface area contributed by atoms with Crippen molar-refractivity contribution in [2.75, 3.05) is 11.9 Å². The van der Waals surface area contributed by atoms with Gasteiger partial charge >= 0.3 is 0 Å².